The Kier molecular flexibility index (Phi) is 5.34. The highest BCUT2D eigenvalue weighted by Crippen LogP contribution is 2.19. The van der Waals surface area contributed by atoms with Crippen molar-refractivity contribution in [3.05, 3.63) is 24.3 Å². The third-order valence-corrected chi connectivity index (χ3v) is 3.57. The molecule has 0 saturated heterocycles. The average Bonchev–Trinajstić information content (AvgIpc) is 2.65. The quantitative estimate of drug-likeness (QED) is 0.478. The van der Waals surface area contributed by atoms with Gasteiger partial charge in [-0.1, -0.05) is 37.8 Å². The predicted octanol–water partition coefficient (Wildman–Crippen LogP) is 2.96. The molecule has 3 heteroatoms. The first kappa shape index (κ1) is 13.2. The number of anilines is 1. The Balaban J connectivity index is 1.65. The molecule has 0 amide bonds. The van der Waals surface area contributed by atoms with Crippen LogP contribution in [0, 0.1) is 0 Å². The van der Waals surface area contributed by atoms with Crippen LogP contribution in [0.15, 0.2) is 24.3 Å². The summed E-state index contributed by atoms with van der Waals surface area (Å²) < 4.78 is 5.67. The van der Waals surface area contributed by atoms with Gasteiger partial charge in [0, 0.05) is 12.6 Å². The zero-order valence-corrected chi connectivity index (χ0v) is 11.0. The van der Waals surface area contributed by atoms with Crippen molar-refractivity contribution < 1.29 is 4.74 Å². The normalized spacial score (nSPS) is 17.3. The van der Waals surface area contributed by atoms with Gasteiger partial charge < -0.3 is 15.8 Å². The van der Waals surface area contributed by atoms with Crippen LogP contribution in [0.25, 0.3) is 0 Å². The van der Waals surface area contributed by atoms with E-state index >= 15 is 0 Å². The lowest BCUT2D eigenvalue weighted by atomic mass is 10.1. The smallest absolute Gasteiger partial charge is 0.142 e. The zero-order valence-electron chi connectivity index (χ0n) is 11.0. The van der Waals surface area contributed by atoms with Crippen LogP contribution in [0.4, 0.5) is 5.69 Å². The molecule has 0 heterocycles. The predicted molar refractivity (Wildman–Crippen MR) is 75.8 cm³/mol. The van der Waals surface area contributed by atoms with E-state index in [9.17, 15) is 0 Å². The van der Waals surface area contributed by atoms with Crippen LogP contribution in [0.1, 0.15) is 38.5 Å². The van der Waals surface area contributed by atoms with Gasteiger partial charge in [0.05, 0.1) is 5.69 Å². The number of nitrogen functional groups attached to an aromatic ring is 1. The summed E-state index contributed by atoms with van der Waals surface area (Å²) in [7, 11) is 0. The Hall–Kier alpha value is -1.22. The van der Waals surface area contributed by atoms with Crippen LogP contribution < -0.4 is 15.8 Å². The molecule has 1 fully saturated rings. The highest BCUT2D eigenvalue weighted by atomic mass is 16.5. The number of para-hydroxylation sites is 2. The summed E-state index contributed by atoms with van der Waals surface area (Å²) in [5.74, 6) is 0.792. The molecular formula is C15H24N2O. The van der Waals surface area contributed by atoms with Crippen molar-refractivity contribution in [3.63, 3.8) is 0 Å². The first-order valence-electron chi connectivity index (χ1n) is 7.07. The van der Waals surface area contributed by atoms with Crippen molar-refractivity contribution in [2.75, 3.05) is 18.9 Å². The van der Waals surface area contributed by atoms with Gasteiger partial charge in [0.1, 0.15) is 12.4 Å². The van der Waals surface area contributed by atoms with Crippen molar-refractivity contribution in [1.29, 1.82) is 0 Å². The molecule has 1 aromatic carbocycles. The van der Waals surface area contributed by atoms with Crippen LogP contribution in [0.2, 0.25) is 0 Å². The van der Waals surface area contributed by atoms with Gasteiger partial charge in [-0.3, -0.25) is 0 Å². The number of nitrogens with two attached hydrogens (primary N) is 1. The molecule has 1 aliphatic carbocycles. The standard InChI is InChI=1S/C15H24N2O/c16-14-9-5-6-10-15(14)18-12-11-17-13-7-3-1-2-4-8-13/h5-6,9-10,13,17H,1-4,7-8,11-12,16H2. The molecule has 2 rings (SSSR count). The van der Waals surface area contributed by atoms with Gasteiger partial charge in [0.25, 0.3) is 0 Å². The Morgan fingerprint density at radius 1 is 1.11 bits per heavy atom. The van der Waals surface area contributed by atoms with E-state index in [1.165, 1.54) is 38.5 Å². The van der Waals surface area contributed by atoms with E-state index in [-0.39, 0.29) is 0 Å². The van der Waals surface area contributed by atoms with Gasteiger partial charge in [-0.2, -0.15) is 0 Å². The first-order chi connectivity index (χ1) is 8.86. The molecule has 3 N–H and O–H groups in total. The Morgan fingerprint density at radius 2 is 1.83 bits per heavy atom. The summed E-state index contributed by atoms with van der Waals surface area (Å²) in [6.45, 7) is 1.59. The summed E-state index contributed by atoms with van der Waals surface area (Å²) in [5, 5.41) is 3.59. The van der Waals surface area contributed by atoms with Gasteiger partial charge in [0.15, 0.2) is 0 Å². The fourth-order valence-corrected chi connectivity index (χ4v) is 2.52. The number of rotatable bonds is 5. The van der Waals surface area contributed by atoms with Gasteiger partial charge in [-0.15, -0.1) is 0 Å². The molecule has 100 valence electrons. The summed E-state index contributed by atoms with van der Waals surface area (Å²) in [4.78, 5) is 0. The molecular weight excluding hydrogens is 224 g/mol. The number of nitrogens with one attached hydrogen (secondary N) is 1. The van der Waals surface area contributed by atoms with Gasteiger partial charge in [0.2, 0.25) is 0 Å². The van der Waals surface area contributed by atoms with E-state index in [2.05, 4.69) is 5.32 Å². The number of hydrogen-bond donors (Lipinski definition) is 2. The molecule has 0 atom stereocenters. The van der Waals surface area contributed by atoms with Crippen molar-refractivity contribution in [1.82, 2.24) is 5.32 Å². The minimum Gasteiger partial charge on any atom is -0.490 e. The maximum Gasteiger partial charge on any atom is 0.142 e. The maximum absolute atomic E-state index is 5.82. The second-order valence-electron chi connectivity index (χ2n) is 5.03. The molecule has 0 radical (unpaired) electrons. The minimum absolute atomic E-state index is 0.684. The monoisotopic (exact) mass is 248 g/mol. The topological polar surface area (TPSA) is 47.3 Å². The SMILES string of the molecule is Nc1ccccc1OCCNC1CCCCCC1. The Bertz CT molecular complexity index is 346. The van der Waals surface area contributed by atoms with Gasteiger partial charge in [-0.05, 0) is 25.0 Å². The van der Waals surface area contributed by atoms with Gasteiger partial charge >= 0.3 is 0 Å². The highest BCUT2D eigenvalue weighted by Gasteiger charge is 2.10. The van der Waals surface area contributed by atoms with Crippen molar-refractivity contribution in [2.24, 2.45) is 0 Å². The molecule has 0 spiro atoms. The number of hydrogen-bond acceptors (Lipinski definition) is 3. The lowest BCUT2D eigenvalue weighted by molar-refractivity contribution is 0.302. The molecule has 3 nitrogen and oxygen atoms in total. The molecule has 1 aromatic rings. The maximum atomic E-state index is 5.82. The Labute approximate surface area is 110 Å². The summed E-state index contributed by atoms with van der Waals surface area (Å²) in [5.41, 5.74) is 6.54. The van der Waals surface area contributed by atoms with Crippen molar-refractivity contribution in [2.45, 2.75) is 44.6 Å². The van der Waals surface area contributed by atoms with Crippen molar-refractivity contribution >= 4 is 5.69 Å². The fourth-order valence-electron chi connectivity index (χ4n) is 2.52. The lowest BCUT2D eigenvalue weighted by Gasteiger charge is -2.16. The van der Waals surface area contributed by atoms with E-state index in [1.54, 1.807) is 0 Å². The van der Waals surface area contributed by atoms with E-state index in [1.807, 2.05) is 24.3 Å². The minimum atomic E-state index is 0.684. The number of benzene rings is 1. The summed E-state index contributed by atoms with van der Waals surface area (Å²) in [6.07, 6.45) is 8.15. The first-order valence-corrected chi connectivity index (χ1v) is 7.07. The molecule has 18 heavy (non-hydrogen) atoms. The Morgan fingerprint density at radius 3 is 2.56 bits per heavy atom. The third-order valence-electron chi connectivity index (χ3n) is 3.57. The lowest BCUT2D eigenvalue weighted by Crippen LogP contribution is -2.32. The molecule has 0 unspecified atom stereocenters. The van der Waals surface area contributed by atoms with Crippen LogP contribution in [-0.2, 0) is 0 Å². The van der Waals surface area contributed by atoms with Crippen LogP contribution in [-0.4, -0.2) is 19.2 Å². The van der Waals surface area contributed by atoms with Crippen LogP contribution in [0.5, 0.6) is 5.75 Å². The third kappa shape index (κ3) is 4.22. The molecule has 1 aliphatic rings. The average molecular weight is 248 g/mol. The van der Waals surface area contributed by atoms with E-state index in [4.69, 9.17) is 10.5 Å². The number of ether oxygens (including phenoxy) is 1. The molecule has 0 bridgehead atoms. The van der Waals surface area contributed by atoms with E-state index in [0.29, 0.717) is 18.3 Å². The largest absolute Gasteiger partial charge is 0.490 e. The van der Waals surface area contributed by atoms with Crippen molar-refractivity contribution in [3.8, 4) is 5.75 Å². The van der Waals surface area contributed by atoms with Gasteiger partial charge in [-0.25, -0.2) is 0 Å². The summed E-state index contributed by atoms with van der Waals surface area (Å²) in [6, 6.07) is 8.34. The second-order valence-corrected chi connectivity index (χ2v) is 5.03. The fraction of sp³-hybridized carbons (Fsp3) is 0.600. The molecule has 0 aromatic heterocycles. The summed E-state index contributed by atoms with van der Waals surface area (Å²) >= 11 is 0. The molecule has 0 aliphatic heterocycles. The van der Waals surface area contributed by atoms with E-state index < -0.39 is 0 Å². The molecule has 1 saturated carbocycles. The van der Waals surface area contributed by atoms with Crippen LogP contribution >= 0.6 is 0 Å². The van der Waals surface area contributed by atoms with E-state index in [0.717, 1.165) is 12.3 Å². The highest BCUT2D eigenvalue weighted by molar-refractivity contribution is 5.51. The second kappa shape index (κ2) is 7.27. The zero-order chi connectivity index (χ0) is 12.6. The van der Waals surface area contributed by atoms with Crippen LogP contribution in [0.3, 0.4) is 0 Å².